The lowest BCUT2D eigenvalue weighted by atomic mass is 9.95. The van der Waals surface area contributed by atoms with Gasteiger partial charge in [-0.05, 0) is 59.9 Å². The molecule has 1 unspecified atom stereocenters. The number of nitriles is 1. The van der Waals surface area contributed by atoms with Gasteiger partial charge in [-0.2, -0.15) is 5.26 Å². The van der Waals surface area contributed by atoms with Gasteiger partial charge in [-0.15, -0.1) is 0 Å². The number of aromatic nitrogens is 1. The fourth-order valence-corrected chi connectivity index (χ4v) is 5.04. The van der Waals surface area contributed by atoms with E-state index in [0.717, 1.165) is 60.7 Å². The Morgan fingerprint density at radius 2 is 1.81 bits per heavy atom. The molecule has 5 heteroatoms. The van der Waals surface area contributed by atoms with Crippen LogP contribution in [0.2, 0.25) is 0 Å². The van der Waals surface area contributed by atoms with Crippen molar-refractivity contribution in [1.82, 2.24) is 14.8 Å². The van der Waals surface area contributed by atoms with Crippen LogP contribution in [0.3, 0.4) is 0 Å². The van der Waals surface area contributed by atoms with Crippen LogP contribution in [-0.2, 0) is 0 Å². The first-order valence-electron chi connectivity index (χ1n) is 13.3. The van der Waals surface area contributed by atoms with Gasteiger partial charge in [0.1, 0.15) is 12.4 Å². The molecule has 1 saturated heterocycles. The smallest absolute Gasteiger partial charge is 0.119 e. The van der Waals surface area contributed by atoms with Crippen LogP contribution in [0, 0.1) is 18.3 Å². The van der Waals surface area contributed by atoms with Gasteiger partial charge in [0.05, 0.1) is 11.6 Å². The summed E-state index contributed by atoms with van der Waals surface area (Å²) >= 11 is 0. The number of rotatable bonds is 11. The first-order chi connectivity index (χ1) is 17.7. The average molecular weight is 483 g/mol. The number of hydrogen-bond acceptors (Lipinski definition) is 5. The van der Waals surface area contributed by atoms with Gasteiger partial charge in [-0.25, -0.2) is 0 Å². The van der Waals surface area contributed by atoms with E-state index in [1.165, 1.54) is 31.2 Å². The summed E-state index contributed by atoms with van der Waals surface area (Å²) in [5.41, 5.74) is 5.49. The average Bonchev–Trinajstić information content (AvgIpc) is 2.93. The van der Waals surface area contributed by atoms with Gasteiger partial charge >= 0.3 is 0 Å². The Hall–Kier alpha value is -3.20. The quantitative estimate of drug-likeness (QED) is 0.303. The number of benzene rings is 2. The van der Waals surface area contributed by atoms with Gasteiger partial charge in [0.25, 0.3) is 0 Å². The Balaban J connectivity index is 1.27. The van der Waals surface area contributed by atoms with Crippen LogP contribution in [0.25, 0.3) is 11.1 Å². The number of nitrogens with zero attached hydrogens (tertiary/aromatic N) is 4. The van der Waals surface area contributed by atoms with Gasteiger partial charge in [-0.3, -0.25) is 14.8 Å². The molecular formula is C31H38N4O. The van der Waals surface area contributed by atoms with E-state index < -0.39 is 0 Å². The molecule has 0 N–H and O–H groups in total. The van der Waals surface area contributed by atoms with E-state index >= 15 is 0 Å². The largest absolute Gasteiger partial charge is 0.492 e. The summed E-state index contributed by atoms with van der Waals surface area (Å²) in [5, 5.41) is 9.32. The van der Waals surface area contributed by atoms with Crippen molar-refractivity contribution < 1.29 is 4.74 Å². The van der Waals surface area contributed by atoms with Gasteiger partial charge in [0, 0.05) is 51.2 Å². The molecular weight excluding hydrogens is 444 g/mol. The van der Waals surface area contributed by atoms with Crippen LogP contribution < -0.4 is 4.74 Å². The summed E-state index contributed by atoms with van der Waals surface area (Å²) in [6, 6.07) is 21.4. The van der Waals surface area contributed by atoms with Gasteiger partial charge in [0.2, 0.25) is 0 Å². The highest BCUT2D eigenvalue weighted by molar-refractivity contribution is 5.62. The Kier molecular flexibility index (Phi) is 9.49. The fraction of sp³-hybridized carbons (Fsp3) is 0.419. The number of aryl methyl sites for hydroxylation is 1. The number of pyridine rings is 1. The summed E-state index contributed by atoms with van der Waals surface area (Å²) in [5.74, 6) is 0.911. The Morgan fingerprint density at radius 1 is 1.00 bits per heavy atom. The van der Waals surface area contributed by atoms with E-state index in [9.17, 15) is 5.26 Å². The van der Waals surface area contributed by atoms with Crippen LogP contribution in [0.5, 0.6) is 5.75 Å². The zero-order chi connectivity index (χ0) is 25.2. The summed E-state index contributed by atoms with van der Waals surface area (Å²) in [6.07, 6.45) is 8.60. The maximum absolute atomic E-state index is 9.32. The van der Waals surface area contributed by atoms with Gasteiger partial charge in [-0.1, -0.05) is 56.5 Å². The molecule has 0 aliphatic carbocycles. The van der Waals surface area contributed by atoms with Crippen LogP contribution >= 0.6 is 0 Å². The van der Waals surface area contributed by atoms with E-state index in [1.807, 2.05) is 30.5 Å². The van der Waals surface area contributed by atoms with Crippen molar-refractivity contribution in [2.24, 2.45) is 0 Å². The van der Waals surface area contributed by atoms with E-state index in [1.54, 1.807) is 6.20 Å². The molecule has 0 saturated carbocycles. The van der Waals surface area contributed by atoms with E-state index in [0.29, 0.717) is 12.6 Å². The molecule has 1 atom stereocenters. The SMILES string of the molecule is CCCCCC(c1ccc(C#N)c(C)c1)N1CCN(CCOc2ccc(-c3cccnc3)cc2)CC1. The molecule has 188 valence electrons. The second-order valence-electron chi connectivity index (χ2n) is 9.69. The first-order valence-corrected chi connectivity index (χ1v) is 13.3. The van der Waals surface area contributed by atoms with Crippen molar-refractivity contribution >= 4 is 0 Å². The second-order valence-corrected chi connectivity index (χ2v) is 9.69. The van der Waals surface area contributed by atoms with Crippen LogP contribution in [0.1, 0.15) is 55.3 Å². The topological polar surface area (TPSA) is 52.4 Å². The third kappa shape index (κ3) is 6.94. The highest BCUT2D eigenvalue weighted by Crippen LogP contribution is 2.29. The monoisotopic (exact) mass is 482 g/mol. The van der Waals surface area contributed by atoms with Crippen molar-refractivity contribution in [3.8, 4) is 22.9 Å². The van der Waals surface area contributed by atoms with Crippen LogP contribution in [0.15, 0.2) is 67.0 Å². The van der Waals surface area contributed by atoms with Gasteiger partial charge < -0.3 is 4.74 Å². The molecule has 0 spiro atoms. The van der Waals surface area contributed by atoms with Crippen molar-refractivity contribution in [3.63, 3.8) is 0 Å². The molecule has 2 aromatic carbocycles. The van der Waals surface area contributed by atoms with Crippen molar-refractivity contribution in [3.05, 3.63) is 83.7 Å². The normalized spacial score (nSPS) is 15.4. The van der Waals surface area contributed by atoms with Crippen LogP contribution in [-0.4, -0.2) is 54.1 Å². The molecule has 36 heavy (non-hydrogen) atoms. The highest BCUT2D eigenvalue weighted by Gasteiger charge is 2.25. The molecule has 0 bridgehead atoms. The highest BCUT2D eigenvalue weighted by atomic mass is 16.5. The summed E-state index contributed by atoms with van der Waals surface area (Å²) in [7, 11) is 0. The van der Waals surface area contributed by atoms with Crippen molar-refractivity contribution in [2.75, 3.05) is 39.3 Å². The molecule has 1 fully saturated rings. The molecule has 1 aromatic heterocycles. The van der Waals surface area contributed by atoms with E-state index in [4.69, 9.17) is 4.74 Å². The summed E-state index contributed by atoms with van der Waals surface area (Å²) in [4.78, 5) is 9.35. The summed E-state index contributed by atoms with van der Waals surface area (Å²) < 4.78 is 6.05. The Labute approximate surface area is 216 Å². The maximum Gasteiger partial charge on any atom is 0.119 e. The number of piperazine rings is 1. The van der Waals surface area contributed by atoms with Gasteiger partial charge in [0.15, 0.2) is 0 Å². The minimum atomic E-state index is 0.430. The first kappa shape index (κ1) is 25.9. The number of hydrogen-bond donors (Lipinski definition) is 0. The third-order valence-electron chi connectivity index (χ3n) is 7.21. The van der Waals surface area contributed by atoms with E-state index in [-0.39, 0.29) is 0 Å². The Morgan fingerprint density at radius 3 is 2.47 bits per heavy atom. The third-order valence-corrected chi connectivity index (χ3v) is 7.21. The predicted molar refractivity (Wildman–Crippen MR) is 146 cm³/mol. The molecule has 2 heterocycles. The maximum atomic E-state index is 9.32. The minimum absolute atomic E-state index is 0.430. The molecule has 0 radical (unpaired) electrons. The standard InChI is InChI=1S/C31H38N4O/c1-3-4-5-8-31(27-9-10-28(23-32)25(2)22-27)35-18-16-34(17-19-35)20-21-36-30-13-11-26(12-14-30)29-7-6-15-33-24-29/h6-7,9-15,22,24,31H,3-5,8,16-21H2,1-2H3. The minimum Gasteiger partial charge on any atom is -0.492 e. The molecule has 1 aliphatic heterocycles. The van der Waals surface area contributed by atoms with Crippen LogP contribution in [0.4, 0.5) is 0 Å². The number of ether oxygens (including phenoxy) is 1. The lowest BCUT2D eigenvalue weighted by molar-refractivity contribution is 0.0817. The summed E-state index contributed by atoms with van der Waals surface area (Å²) in [6.45, 7) is 10.2. The van der Waals surface area contributed by atoms with Crippen molar-refractivity contribution in [2.45, 2.75) is 45.6 Å². The molecule has 4 rings (SSSR count). The molecule has 0 amide bonds. The zero-order valence-electron chi connectivity index (χ0n) is 21.7. The molecule has 3 aromatic rings. The molecule has 1 aliphatic rings. The lowest BCUT2D eigenvalue weighted by Crippen LogP contribution is -2.48. The zero-order valence-corrected chi connectivity index (χ0v) is 21.7. The fourth-order valence-electron chi connectivity index (χ4n) is 5.04. The molecule has 5 nitrogen and oxygen atoms in total. The van der Waals surface area contributed by atoms with Crippen molar-refractivity contribution in [1.29, 1.82) is 5.26 Å². The Bertz CT molecular complexity index is 1120. The lowest BCUT2D eigenvalue weighted by Gasteiger charge is -2.39. The van der Waals surface area contributed by atoms with E-state index in [2.05, 4.69) is 65.0 Å². The second kappa shape index (κ2) is 13.2. The number of unbranched alkanes of at least 4 members (excludes halogenated alkanes) is 2. The predicted octanol–water partition coefficient (Wildman–Crippen LogP) is 6.25.